The number of aliphatic hydroxyl groups is 1. The zero-order valence-corrected chi connectivity index (χ0v) is 13.2. The summed E-state index contributed by atoms with van der Waals surface area (Å²) in [4.78, 5) is 27.4. The van der Waals surface area contributed by atoms with Crippen LogP contribution in [0.4, 0.5) is 0 Å². The van der Waals surface area contributed by atoms with E-state index in [9.17, 15) is 14.7 Å². The van der Waals surface area contributed by atoms with Gasteiger partial charge in [0.25, 0.3) is 0 Å². The van der Waals surface area contributed by atoms with Gasteiger partial charge in [-0.1, -0.05) is 0 Å². The smallest absolute Gasteiger partial charge is 0.239 e. The summed E-state index contributed by atoms with van der Waals surface area (Å²) in [5.41, 5.74) is -1.12. The molecule has 126 valence electrons. The Kier molecular flexibility index (Phi) is 3.57. The molecule has 2 fully saturated rings. The number of piperidine rings is 1. The van der Waals surface area contributed by atoms with Crippen LogP contribution in [0.2, 0.25) is 0 Å². The summed E-state index contributed by atoms with van der Waals surface area (Å²) in [5, 5.41) is 10.5. The second kappa shape index (κ2) is 5.63. The summed E-state index contributed by atoms with van der Waals surface area (Å²) >= 11 is 0. The number of amides is 1. The Morgan fingerprint density at radius 1 is 1.21 bits per heavy atom. The number of hydrogen-bond acceptors (Lipinski definition) is 5. The van der Waals surface area contributed by atoms with Crippen LogP contribution in [0, 0.1) is 5.41 Å². The van der Waals surface area contributed by atoms with E-state index in [0.29, 0.717) is 30.8 Å². The lowest BCUT2D eigenvalue weighted by molar-refractivity contribution is -0.170. The molecule has 6 heteroatoms. The molecular weight excluding hydrogens is 310 g/mol. The summed E-state index contributed by atoms with van der Waals surface area (Å²) in [5.74, 6) is 0.388. The van der Waals surface area contributed by atoms with Crippen LogP contribution in [0.25, 0.3) is 0 Å². The molecule has 2 aromatic rings. The third-order valence-corrected chi connectivity index (χ3v) is 5.31. The van der Waals surface area contributed by atoms with Gasteiger partial charge in [-0.05, 0) is 37.1 Å². The number of rotatable bonds is 3. The molecule has 1 saturated carbocycles. The van der Waals surface area contributed by atoms with Crippen molar-refractivity contribution < 1.29 is 23.5 Å². The number of aliphatic hydroxyl groups excluding tert-OH is 1. The number of likely N-dealkylation sites (tertiary alicyclic amines) is 1. The van der Waals surface area contributed by atoms with Crippen molar-refractivity contribution in [3.63, 3.8) is 0 Å². The van der Waals surface area contributed by atoms with Gasteiger partial charge < -0.3 is 18.8 Å². The maximum Gasteiger partial charge on any atom is 0.239 e. The van der Waals surface area contributed by atoms with Gasteiger partial charge in [0.1, 0.15) is 28.9 Å². The largest absolute Gasteiger partial charge is 0.469 e. The molecule has 3 unspecified atom stereocenters. The van der Waals surface area contributed by atoms with Crippen molar-refractivity contribution in [3.8, 4) is 0 Å². The molecule has 4 rings (SSSR count). The second-order valence-corrected chi connectivity index (χ2v) is 6.54. The predicted molar refractivity (Wildman–Crippen MR) is 82.6 cm³/mol. The standard InChI is InChI=1S/C18H19NO5/c20-15-6-1-7-18(15)13(14-5-3-9-24-14)10-16(21)19(17(18)22)11-12-4-2-8-23-12/h2-5,8-9,13,16,21H,1,6-7,10-11H2. The van der Waals surface area contributed by atoms with E-state index in [1.54, 1.807) is 24.3 Å². The summed E-state index contributed by atoms with van der Waals surface area (Å²) in [7, 11) is 0. The van der Waals surface area contributed by atoms with Gasteiger partial charge in [-0.3, -0.25) is 9.59 Å². The molecule has 24 heavy (non-hydrogen) atoms. The van der Waals surface area contributed by atoms with Crippen LogP contribution in [0.5, 0.6) is 0 Å². The van der Waals surface area contributed by atoms with Gasteiger partial charge in [-0.25, -0.2) is 0 Å². The second-order valence-electron chi connectivity index (χ2n) is 6.54. The first-order valence-electron chi connectivity index (χ1n) is 8.21. The van der Waals surface area contributed by atoms with E-state index in [4.69, 9.17) is 8.83 Å². The Morgan fingerprint density at radius 2 is 2.00 bits per heavy atom. The molecule has 1 N–H and O–H groups in total. The van der Waals surface area contributed by atoms with Crippen LogP contribution in [0.15, 0.2) is 45.6 Å². The third kappa shape index (κ3) is 2.13. The van der Waals surface area contributed by atoms with E-state index < -0.39 is 17.6 Å². The van der Waals surface area contributed by atoms with Gasteiger partial charge >= 0.3 is 0 Å². The minimum atomic E-state index is -1.12. The van der Waals surface area contributed by atoms with Crippen LogP contribution in [-0.2, 0) is 16.1 Å². The molecular formula is C18H19NO5. The fourth-order valence-electron chi connectivity index (χ4n) is 4.16. The average Bonchev–Trinajstić information content (AvgIpc) is 3.31. The highest BCUT2D eigenvalue weighted by molar-refractivity contribution is 6.08. The van der Waals surface area contributed by atoms with Crippen LogP contribution >= 0.6 is 0 Å². The van der Waals surface area contributed by atoms with E-state index in [-0.39, 0.29) is 24.7 Å². The first-order chi connectivity index (χ1) is 11.6. The molecule has 1 aliphatic carbocycles. The first kappa shape index (κ1) is 15.2. The van der Waals surface area contributed by atoms with Gasteiger partial charge in [0, 0.05) is 18.8 Å². The molecule has 1 saturated heterocycles. The Labute approximate surface area is 139 Å². The van der Waals surface area contributed by atoms with Crippen LogP contribution in [0.1, 0.15) is 43.1 Å². The SMILES string of the molecule is O=C1CCCC12C(=O)N(Cc1ccco1)C(O)CC2c1ccco1. The van der Waals surface area contributed by atoms with Gasteiger partial charge in [0.05, 0.1) is 19.1 Å². The molecule has 1 amide bonds. The number of furan rings is 2. The summed E-state index contributed by atoms with van der Waals surface area (Å²) < 4.78 is 10.8. The minimum absolute atomic E-state index is 0.0507. The van der Waals surface area contributed by atoms with Crippen molar-refractivity contribution in [2.45, 2.75) is 44.4 Å². The molecule has 0 bridgehead atoms. The monoisotopic (exact) mass is 329 g/mol. The van der Waals surface area contributed by atoms with Crippen LogP contribution < -0.4 is 0 Å². The minimum Gasteiger partial charge on any atom is -0.469 e. The van der Waals surface area contributed by atoms with Crippen molar-refractivity contribution in [1.82, 2.24) is 4.90 Å². The molecule has 1 aliphatic heterocycles. The molecule has 0 radical (unpaired) electrons. The molecule has 1 spiro atoms. The van der Waals surface area contributed by atoms with Gasteiger partial charge in [-0.2, -0.15) is 0 Å². The lowest BCUT2D eigenvalue weighted by Gasteiger charge is -2.45. The molecule has 0 aromatic carbocycles. The van der Waals surface area contributed by atoms with Crippen molar-refractivity contribution in [1.29, 1.82) is 0 Å². The summed E-state index contributed by atoms with van der Waals surface area (Å²) in [6, 6.07) is 7.01. The lowest BCUT2D eigenvalue weighted by Crippen LogP contribution is -2.58. The number of carbonyl (C=O) groups is 2. The topological polar surface area (TPSA) is 83.9 Å². The number of carbonyl (C=O) groups excluding carboxylic acids is 2. The Bertz CT molecular complexity index is 736. The molecule has 3 heterocycles. The van der Waals surface area contributed by atoms with E-state index in [1.807, 2.05) is 0 Å². The maximum atomic E-state index is 13.3. The van der Waals surface area contributed by atoms with Crippen molar-refractivity contribution in [2.24, 2.45) is 5.41 Å². The Balaban J connectivity index is 1.73. The summed E-state index contributed by atoms with van der Waals surface area (Å²) in [6.45, 7) is 0.160. The average molecular weight is 329 g/mol. The van der Waals surface area contributed by atoms with E-state index in [0.717, 1.165) is 0 Å². The third-order valence-electron chi connectivity index (χ3n) is 5.31. The lowest BCUT2D eigenvalue weighted by atomic mass is 9.66. The highest BCUT2D eigenvalue weighted by atomic mass is 16.3. The van der Waals surface area contributed by atoms with Crippen molar-refractivity contribution in [2.75, 3.05) is 0 Å². The molecule has 2 aliphatic rings. The van der Waals surface area contributed by atoms with Crippen LogP contribution in [-0.4, -0.2) is 27.9 Å². The highest BCUT2D eigenvalue weighted by Crippen LogP contribution is 2.53. The fourth-order valence-corrected chi connectivity index (χ4v) is 4.16. The predicted octanol–water partition coefficient (Wildman–Crippen LogP) is 2.45. The van der Waals surface area contributed by atoms with Crippen LogP contribution in [0.3, 0.4) is 0 Å². The number of ketones is 1. The van der Waals surface area contributed by atoms with E-state index >= 15 is 0 Å². The Morgan fingerprint density at radius 3 is 2.62 bits per heavy atom. The maximum absolute atomic E-state index is 13.3. The van der Waals surface area contributed by atoms with E-state index in [1.165, 1.54) is 17.4 Å². The fraction of sp³-hybridized carbons (Fsp3) is 0.444. The van der Waals surface area contributed by atoms with Crippen molar-refractivity contribution in [3.05, 3.63) is 48.3 Å². The van der Waals surface area contributed by atoms with Gasteiger partial charge in [-0.15, -0.1) is 0 Å². The first-order valence-corrected chi connectivity index (χ1v) is 8.21. The molecule has 2 aromatic heterocycles. The number of nitrogens with zero attached hydrogens (tertiary/aromatic N) is 1. The highest BCUT2D eigenvalue weighted by Gasteiger charge is 2.60. The Hall–Kier alpha value is -2.34. The number of Topliss-reactive ketones (excluding diaryl/α,β-unsaturated/α-hetero) is 1. The zero-order chi connectivity index (χ0) is 16.7. The normalized spacial score (nSPS) is 30.5. The zero-order valence-electron chi connectivity index (χ0n) is 13.2. The van der Waals surface area contributed by atoms with Gasteiger partial charge in [0.2, 0.25) is 5.91 Å². The van der Waals surface area contributed by atoms with Gasteiger partial charge in [0.15, 0.2) is 0 Å². The summed E-state index contributed by atoms with van der Waals surface area (Å²) in [6.07, 6.45) is 3.95. The van der Waals surface area contributed by atoms with E-state index in [2.05, 4.69) is 0 Å². The molecule has 3 atom stereocenters. The van der Waals surface area contributed by atoms with Crippen molar-refractivity contribution >= 4 is 11.7 Å². The number of hydrogen-bond donors (Lipinski definition) is 1. The quantitative estimate of drug-likeness (QED) is 0.875. The molecule has 6 nitrogen and oxygen atoms in total.